The van der Waals surface area contributed by atoms with E-state index in [1.807, 2.05) is 31.2 Å². The highest BCUT2D eigenvalue weighted by Gasteiger charge is 2.37. The molecule has 0 saturated heterocycles. The third-order valence-corrected chi connectivity index (χ3v) is 2.59. The fourth-order valence-corrected chi connectivity index (χ4v) is 1.50. The Kier molecular flexibility index (Phi) is 5.44. The number of nitrogens with zero attached hydrogens (tertiary/aromatic N) is 2. The molecule has 0 unspecified atom stereocenters. The molecule has 0 aliphatic carbocycles. The van der Waals surface area contributed by atoms with E-state index >= 15 is 0 Å². The van der Waals surface area contributed by atoms with Gasteiger partial charge in [-0.2, -0.15) is 8.78 Å². The van der Waals surface area contributed by atoms with Crippen molar-refractivity contribution in [2.45, 2.75) is 26.2 Å². The van der Waals surface area contributed by atoms with Gasteiger partial charge in [0.25, 0.3) is 0 Å². The van der Waals surface area contributed by atoms with E-state index in [1.165, 1.54) is 0 Å². The van der Waals surface area contributed by atoms with Crippen molar-refractivity contribution in [2.75, 3.05) is 5.73 Å². The molecule has 6 nitrogen and oxygen atoms in total. The van der Waals surface area contributed by atoms with Gasteiger partial charge in [-0.05, 0) is 12.1 Å². The van der Waals surface area contributed by atoms with Crippen molar-refractivity contribution in [1.82, 2.24) is 9.97 Å². The number of aromatic nitrogens is 2. The number of aryl methyl sites for hydroxylation is 1. The summed E-state index contributed by atoms with van der Waals surface area (Å²) in [6, 6.07) is 7.78. The molecule has 118 valence electrons. The number of nitrogens with two attached hydrogens (primary N) is 1. The lowest BCUT2D eigenvalue weighted by molar-refractivity contribution is -0.160. The van der Waals surface area contributed by atoms with Gasteiger partial charge in [0, 0.05) is 18.7 Å². The number of anilines is 1. The van der Waals surface area contributed by atoms with Gasteiger partial charge >= 0.3 is 17.7 Å². The van der Waals surface area contributed by atoms with Crippen LogP contribution in [0.3, 0.4) is 0 Å². The van der Waals surface area contributed by atoms with Crippen LogP contribution in [0.2, 0.25) is 0 Å². The quantitative estimate of drug-likeness (QED) is 0.840. The van der Waals surface area contributed by atoms with Gasteiger partial charge in [0.15, 0.2) is 0 Å². The van der Waals surface area contributed by atoms with Crippen LogP contribution in [0.1, 0.15) is 19.7 Å². The number of rotatable bonds is 3. The van der Waals surface area contributed by atoms with Crippen LogP contribution in [0.25, 0.3) is 10.9 Å². The Morgan fingerprint density at radius 2 is 1.86 bits per heavy atom. The van der Waals surface area contributed by atoms with Crippen LogP contribution in [-0.2, 0) is 16.0 Å². The predicted molar refractivity (Wildman–Crippen MR) is 76.6 cm³/mol. The van der Waals surface area contributed by atoms with E-state index < -0.39 is 17.7 Å². The maximum Gasteiger partial charge on any atom is 0.378 e. The van der Waals surface area contributed by atoms with E-state index in [9.17, 15) is 18.4 Å². The van der Waals surface area contributed by atoms with Crippen molar-refractivity contribution >= 4 is 28.5 Å². The molecule has 0 amide bonds. The Labute approximate surface area is 125 Å². The Balaban J connectivity index is 0.000000239. The highest BCUT2D eigenvalue weighted by atomic mass is 19.3. The Morgan fingerprint density at radius 3 is 2.32 bits per heavy atom. The molecule has 3 N–H and O–H groups in total. The van der Waals surface area contributed by atoms with Crippen molar-refractivity contribution in [3.05, 3.63) is 30.1 Å². The minimum atomic E-state index is -3.76. The van der Waals surface area contributed by atoms with E-state index in [0.717, 1.165) is 23.1 Å². The Morgan fingerprint density at radius 1 is 1.27 bits per heavy atom. The number of fused-ring (bicyclic) bond motifs is 1. The van der Waals surface area contributed by atoms with Crippen molar-refractivity contribution in [1.29, 1.82) is 0 Å². The van der Waals surface area contributed by atoms with Gasteiger partial charge in [0.1, 0.15) is 11.6 Å². The Hall–Kier alpha value is -2.64. The van der Waals surface area contributed by atoms with Crippen molar-refractivity contribution < 1.29 is 23.5 Å². The van der Waals surface area contributed by atoms with Crippen LogP contribution < -0.4 is 5.73 Å². The number of hydrogen-bond donors (Lipinski definition) is 2. The van der Waals surface area contributed by atoms with Gasteiger partial charge in [-0.25, -0.2) is 14.8 Å². The number of carbonyl (C=O) groups is 2. The first kappa shape index (κ1) is 17.4. The number of ketones is 1. The average Bonchev–Trinajstić information content (AvgIpc) is 2.46. The number of aliphatic carboxylic acids is 1. The van der Waals surface area contributed by atoms with Crippen LogP contribution in [0.4, 0.5) is 14.6 Å². The summed E-state index contributed by atoms with van der Waals surface area (Å²) in [4.78, 5) is 27.9. The van der Waals surface area contributed by atoms with Gasteiger partial charge in [-0.1, -0.05) is 19.1 Å². The second kappa shape index (κ2) is 6.88. The van der Waals surface area contributed by atoms with E-state index in [1.54, 1.807) is 0 Å². The lowest BCUT2D eigenvalue weighted by atomic mass is 10.2. The summed E-state index contributed by atoms with van der Waals surface area (Å²) in [6.07, 6.45) is 0.815. The normalized spacial score (nSPS) is 10.7. The third kappa shape index (κ3) is 4.44. The number of hydrogen-bond acceptors (Lipinski definition) is 5. The van der Waals surface area contributed by atoms with Gasteiger partial charge in [0.05, 0.1) is 5.52 Å². The molecule has 0 fully saturated rings. The lowest BCUT2D eigenvalue weighted by Crippen LogP contribution is -2.31. The van der Waals surface area contributed by atoms with Crippen molar-refractivity contribution in [3.8, 4) is 0 Å². The van der Waals surface area contributed by atoms with Crippen LogP contribution in [-0.4, -0.2) is 32.7 Å². The number of carboxylic acids is 1. The standard InChI is InChI=1S/C10H11N3.C4H4F2O3/c1-2-9-12-8-6-4-3-5-7(8)10(11)13-9;1-4(5,6)2(7)3(8)9/h3-6H,2H2,1H3,(H2,11,12,13);1H3,(H,8,9). The zero-order valence-corrected chi connectivity index (χ0v) is 12.0. The minimum Gasteiger partial charge on any atom is -0.475 e. The summed E-state index contributed by atoms with van der Waals surface area (Å²) in [7, 11) is 0. The van der Waals surface area contributed by atoms with E-state index in [-0.39, 0.29) is 6.92 Å². The lowest BCUT2D eigenvalue weighted by Gasteiger charge is -2.02. The molecule has 1 heterocycles. The molecule has 8 heteroatoms. The summed E-state index contributed by atoms with van der Waals surface area (Å²) in [5, 5.41) is 8.62. The van der Waals surface area contributed by atoms with E-state index in [2.05, 4.69) is 9.97 Å². The summed E-state index contributed by atoms with van der Waals surface area (Å²) < 4.78 is 23.3. The molecule has 0 atom stereocenters. The van der Waals surface area contributed by atoms with Gasteiger partial charge in [-0.15, -0.1) is 0 Å². The number of para-hydroxylation sites is 1. The molecular formula is C14H15F2N3O3. The topological polar surface area (TPSA) is 106 Å². The summed E-state index contributed by atoms with van der Waals surface area (Å²) >= 11 is 0. The van der Waals surface area contributed by atoms with Crippen LogP contribution >= 0.6 is 0 Å². The number of nitrogen functional groups attached to an aromatic ring is 1. The maximum atomic E-state index is 11.6. The smallest absolute Gasteiger partial charge is 0.378 e. The molecule has 2 aromatic rings. The zero-order valence-electron chi connectivity index (χ0n) is 12.0. The van der Waals surface area contributed by atoms with E-state index in [0.29, 0.717) is 5.82 Å². The second-order valence-electron chi connectivity index (χ2n) is 4.42. The molecule has 0 radical (unpaired) electrons. The Bertz CT molecular complexity index is 699. The SMILES string of the molecule is CC(F)(F)C(=O)C(=O)O.CCc1nc(N)c2ccccc2n1. The number of benzene rings is 1. The highest BCUT2D eigenvalue weighted by Crippen LogP contribution is 2.16. The zero-order chi connectivity index (χ0) is 16.9. The predicted octanol–water partition coefficient (Wildman–Crippen LogP) is 2.07. The molecule has 0 bridgehead atoms. The molecule has 1 aromatic heterocycles. The number of carboxylic acid groups (broad SMARTS) is 1. The largest absolute Gasteiger partial charge is 0.475 e. The first-order chi connectivity index (χ1) is 10.2. The maximum absolute atomic E-state index is 11.6. The first-order valence-electron chi connectivity index (χ1n) is 6.33. The number of Topliss-reactive ketones (excluding diaryl/α,β-unsaturated/α-hetero) is 1. The van der Waals surface area contributed by atoms with Crippen LogP contribution in [0, 0.1) is 0 Å². The molecule has 0 saturated carbocycles. The molecule has 0 aliphatic heterocycles. The molecule has 0 spiro atoms. The van der Waals surface area contributed by atoms with Crippen molar-refractivity contribution in [3.63, 3.8) is 0 Å². The van der Waals surface area contributed by atoms with E-state index in [4.69, 9.17) is 10.8 Å². The summed E-state index contributed by atoms with van der Waals surface area (Å²) in [5.41, 5.74) is 6.70. The monoisotopic (exact) mass is 311 g/mol. The van der Waals surface area contributed by atoms with Gasteiger partial charge < -0.3 is 10.8 Å². The average molecular weight is 311 g/mol. The molecule has 0 aliphatic rings. The molecular weight excluding hydrogens is 296 g/mol. The second-order valence-corrected chi connectivity index (χ2v) is 4.42. The van der Waals surface area contributed by atoms with Gasteiger partial charge in [0.2, 0.25) is 0 Å². The molecule has 22 heavy (non-hydrogen) atoms. The minimum absolute atomic E-state index is 0.240. The summed E-state index contributed by atoms with van der Waals surface area (Å²) in [6.45, 7) is 2.26. The number of halogens is 2. The summed E-state index contributed by atoms with van der Waals surface area (Å²) in [5.74, 6) is -6.57. The molecule has 1 aromatic carbocycles. The van der Waals surface area contributed by atoms with Crippen LogP contribution in [0.5, 0.6) is 0 Å². The fraction of sp³-hybridized carbons (Fsp3) is 0.286. The third-order valence-electron chi connectivity index (χ3n) is 2.59. The van der Waals surface area contributed by atoms with Gasteiger partial charge in [-0.3, -0.25) is 4.79 Å². The molecule has 2 rings (SSSR count). The fourth-order valence-electron chi connectivity index (χ4n) is 1.50. The van der Waals surface area contributed by atoms with Crippen LogP contribution in [0.15, 0.2) is 24.3 Å². The number of alkyl halides is 2. The van der Waals surface area contributed by atoms with Crippen molar-refractivity contribution in [2.24, 2.45) is 0 Å². The highest BCUT2D eigenvalue weighted by molar-refractivity contribution is 6.35. The number of carbonyl (C=O) groups excluding carboxylic acids is 1. The first-order valence-corrected chi connectivity index (χ1v) is 6.33.